The molecule has 5 rings (SSSR count). The summed E-state index contributed by atoms with van der Waals surface area (Å²) in [6.07, 6.45) is 0. The molecular formula is C32H31N5O4S. The van der Waals surface area contributed by atoms with E-state index < -0.39 is 16.1 Å². The van der Waals surface area contributed by atoms with Gasteiger partial charge in [0, 0.05) is 35.1 Å². The third kappa shape index (κ3) is 5.81. The molecule has 1 atom stereocenters. The van der Waals surface area contributed by atoms with Crippen LogP contribution in [0, 0.1) is 6.92 Å². The van der Waals surface area contributed by atoms with Crippen molar-refractivity contribution in [1.82, 2.24) is 20.2 Å². The zero-order valence-corrected chi connectivity index (χ0v) is 24.5. The number of amides is 1. The SMILES string of the molecule is CNC(=O)c1cc(Nc2nnc(-c3ccc(C)c(S(=O)(=O)N[C@H](C)c4ccccc4)c3)c3ccccc23)ccc1OC. The Labute approximate surface area is 245 Å². The fourth-order valence-electron chi connectivity index (χ4n) is 4.79. The van der Waals surface area contributed by atoms with Crippen molar-refractivity contribution in [2.45, 2.75) is 24.8 Å². The zero-order chi connectivity index (χ0) is 29.9. The van der Waals surface area contributed by atoms with Crippen LogP contribution in [0.5, 0.6) is 5.75 Å². The summed E-state index contributed by atoms with van der Waals surface area (Å²) in [6.45, 7) is 3.58. The molecule has 0 fully saturated rings. The number of carbonyl (C=O) groups excluding carboxylic acids is 1. The van der Waals surface area contributed by atoms with Crippen molar-refractivity contribution >= 4 is 38.2 Å². The highest BCUT2D eigenvalue weighted by Gasteiger charge is 2.22. The lowest BCUT2D eigenvalue weighted by Crippen LogP contribution is -2.27. The van der Waals surface area contributed by atoms with Crippen LogP contribution < -0.4 is 20.1 Å². The standard InChI is InChI=1S/C32H31N5O4S/c1-20-14-15-23(18-29(20)42(39,40)37-21(2)22-10-6-5-7-11-22)30-25-12-8-9-13-26(25)31(36-35-30)34-24-16-17-28(41-4)27(19-24)32(38)33-3/h5-19,21,37H,1-4H3,(H,33,38)(H,34,36)/t21-/m1/s1. The molecule has 1 aromatic heterocycles. The van der Waals surface area contributed by atoms with E-state index in [0.717, 1.165) is 16.3 Å². The van der Waals surface area contributed by atoms with Crippen molar-refractivity contribution in [3.63, 3.8) is 0 Å². The van der Waals surface area contributed by atoms with Gasteiger partial charge in [-0.25, -0.2) is 13.1 Å². The first kappa shape index (κ1) is 28.7. The van der Waals surface area contributed by atoms with Crippen LogP contribution in [0.2, 0.25) is 0 Å². The van der Waals surface area contributed by atoms with Crippen LogP contribution in [0.1, 0.15) is 34.5 Å². The molecule has 0 bridgehead atoms. The van der Waals surface area contributed by atoms with Gasteiger partial charge in [-0.05, 0) is 49.2 Å². The highest BCUT2D eigenvalue weighted by molar-refractivity contribution is 7.89. The number of carbonyl (C=O) groups is 1. The Morgan fingerprint density at radius 1 is 0.881 bits per heavy atom. The molecule has 10 heteroatoms. The monoisotopic (exact) mass is 581 g/mol. The van der Waals surface area contributed by atoms with Gasteiger partial charge in [-0.15, -0.1) is 10.2 Å². The zero-order valence-electron chi connectivity index (χ0n) is 23.7. The number of nitrogens with zero attached hydrogens (tertiary/aromatic N) is 2. The van der Waals surface area contributed by atoms with E-state index in [2.05, 4.69) is 25.6 Å². The van der Waals surface area contributed by atoms with Crippen LogP contribution in [0.4, 0.5) is 11.5 Å². The van der Waals surface area contributed by atoms with Crippen LogP contribution in [0.3, 0.4) is 0 Å². The Hall–Kier alpha value is -4.80. The number of methoxy groups -OCH3 is 1. The predicted molar refractivity (Wildman–Crippen MR) is 165 cm³/mol. The molecule has 0 unspecified atom stereocenters. The van der Waals surface area contributed by atoms with Gasteiger partial charge in [0.1, 0.15) is 11.4 Å². The van der Waals surface area contributed by atoms with Gasteiger partial charge >= 0.3 is 0 Å². The summed E-state index contributed by atoms with van der Waals surface area (Å²) >= 11 is 0. The highest BCUT2D eigenvalue weighted by Crippen LogP contribution is 2.34. The molecular weight excluding hydrogens is 550 g/mol. The van der Waals surface area contributed by atoms with Gasteiger partial charge in [0.15, 0.2) is 5.82 Å². The number of fused-ring (bicyclic) bond motifs is 1. The topological polar surface area (TPSA) is 122 Å². The van der Waals surface area contributed by atoms with Crippen LogP contribution in [0.15, 0.2) is 95.9 Å². The second-order valence-electron chi connectivity index (χ2n) is 9.80. The minimum absolute atomic E-state index is 0.177. The average Bonchev–Trinajstić information content (AvgIpc) is 3.01. The summed E-state index contributed by atoms with van der Waals surface area (Å²) in [4.78, 5) is 12.5. The number of hydrogen-bond donors (Lipinski definition) is 3. The largest absolute Gasteiger partial charge is 0.496 e. The quantitative estimate of drug-likeness (QED) is 0.202. The Bertz CT molecular complexity index is 1880. The number of rotatable bonds is 9. The third-order valence-corrected chi connectivity index (χ3v) is 8.69. The van der Waals surface area contributed by atoms with Crippen molar-refractivity contribution < 1.29 is 17.9 Å². The van der Waals surface area contributed by atoms with E-state index >= 15 is 0 Å². The molecule has 4 aromatic carbocycles. The van der Waals surface area contributed by atoms with E-state index in [4.69, 9.17) is 4.74 Å². The Balaban J connectivity index is 1.51. The number of benzene rings is 4. The Kier molecular flexibility index (Phi) is 8.19. The molecule has 0 aliphatic rings. The molecule has 1 heterocycles. The summed E-state index contributed by atoms with van der Waals surface area (Å²) < 4.78 is 35.1. The molecule has 214 valence electrons. The maximum absolute atomic E-state index is 13.5. The minimum Gasteiger partial charge on any atom is -0.496 e. The Morgan fingerprint density at radius 3 is 2.31 bits per heavy atom. The summed E-state index contributed by atoms with van der Waals surface area (Å²) in [7, 11) is -0.779. The molecule has 0 spiro atoms. The number of aromatic nitrogens is 2. The maximum Gasteiger partial charge on any atom is 0.254 e. The van der Waals surface area contributed by atoms with Crippen molar-refractivity contribution in [3.05, 3.63) is 108 Å². The molecule has 5 aromatic rings. The van der Waals surface area contributed by atoms with Gasteiger partial charge in [-0.1, -0.05) is 66.7 Å². The maximum atomic E-state index is 13.5. The smallest absolute Gasteiger partial charge is 0.254 e. The summed E-state index contributed by atoms with van der Waals surface area (Å²) in [6, 6.07) is 27.1. The normalized spacial score (nSPS) is 12.1. The molecule has 1 amide bonds. The van der Waals surface area contributed by atoms with E-state index in [9.17, 15) is 13.2 Å². The lowest BCUT2D eigenvalue weighted by molar-refractivity contribution is 0.0960. The first-order chi connectivity index (χ1) is 20.2. The molecule has 0 saturated carbocycles. The first-order valence-corrected chi connectivity index (χ1v) is 14.8. The number of nitrogens with one attached hydrogen (secondary N) is 3. The van der Waals surface area contributed by atoms with Crippen LogP contribution in [-0.4, -0.2) is 38.7 Å². The lowest BCUT2D eigenvalue weighted by Gasteiger charge is -2.17. The summed E-state index contributed by atoms with van der Waals surface area (Å²) in [5.41, 5.74) is 3.66. The fourth-order valence-corrected chi connectivity index (χ4v) is 6.29. The van der Waals surface area contributed by atoms with Crippen LogP contribution in [-0.2, 0) is 10.0 Å². The molecule has 0 saturated heterocycles. The van der Waals surface area contributed by atoms with Crippen molar-refractivity contribution in [2.24, 2.45) is 0 Å². The number of ether oxygens (including phenoxy) is 1. The molecule has 0 radical (unpaired) electrons. The van der Waals surface area contributed by atoms with Gasteiger partial charge in [-0.3, -0.25) is 4.79 Å². The third-order valence-electron chi connectivity index (χ3n) is 7.00. The first-order valence-electron chi connectivity index (χ1n) is 13.3. The summed E-state index contributed by atoms with van der Waals surface area (Å²) in [5.74, 6) is 0.657. The summed E-state index contributed by atoms with van der Waals surface area (Å²) in [5, 5.41) is 16.4. The number of aryl methyl sites for hydroxylation is 1. The number of sulfonamides is 1. The second kappa shape index (κ2) is 12.0. The highest BCUT2D eigenvalue weighted by atomic mass is 32.2. The number of hydrogen-bond acceptors (Lipinski definition) is 7. The lowest BCUT2D eigenvalue weighted by atomic mass is 10.0. The Morgan fingerprint density at radius 2 is 1.60 bits per heavy atom. The molecule has 0 aliphatic carbocycles. The fraction of sp³-hybridized carbons (Fsp3) is 0.156. The van der Waals surface area contributed by atoms with Crippen molar-refractivity contribution in [1.29, 1.82) is 0 Å². The van der Waals surface area contributed by atoms with Gasteiger partial charge in [0.25, 0.3) is 5.91 Å². The molecule has 9 nitrogen and oxygen atoms in total. The second-order valence-corrected chi connectivity index (χ2v) is 11.5. The minimum atomic E-state index is -3.84. The van der Waals surface area contributed by atoms with Crippen molar-refractivity contribution in [2.75, 3.05) is 19.5 Å². The van der Waals surface area contributed by atoms with E-state index in [1.54, 1.807) is 44.3 Å². The average molecular weight is 582 g/mol. The van der Waals surface area contributed by atoms with E-state index in [0.29, 0.717) is 39.6 Å². The number of anilines is 2. The van der Waals surface area contributed by atoms with Gasteiger partial charge < -0.3 is 15.4 Å². The van der Waals surface area contributed by atoms with Crippen molar-refractivity contribution in [3.8, 4) is 17.0 Å². The van der Waals surface area contributed by atoms with Crippen LogP contribution in [0.25, 0.3) is 22.0 Å². The van der Waals surface area contributed by atoms with Gasteiger partial charge in [-0.2, -0.15) is 0 Å². The molecule has 42 heavy (non-hydrogen) atoms. The predicted octanol–water partition coefficient (Wildman–Crippen LogP) is 5.76. The van der Waals surface area contributed by atoms with Gasteiger partial charge in [0.2, 0.25) is 10.0 Å². The van der Waals surface area contributed by atoms with E-state index in [-0.39, 0.29) is 10.8 Å². The molecule has 3 N–H and O–H groups in total. The van der Waals surface area contributed by atoms with E-state index in [1.165, 1.54) is 7.11 Å². The van der Waals surface area contributed by atoms with Gasteiger partial charge in [0.05, 0.1) is 17.6 Å². The van der Waals surface area contributed by atoms with Crippen LogP contribution >= 0.6 is 0 Å². The molecule has 0 aliphatic heterocycles. The van der Waals surface area contributed by atoms with E-state index in [1.807, 2.05) is 67.6 Å².